The van der Waals surface area contributed by atoms with E-state index in [2.05, 4.69) is 54.3 Å². The molecule has 2 heteroatoms. The van der Waals surface area contributed by atoms with Crippen molar-refractivity contribution in [3.05, 3.63) is 60.2 Å². The van der Waals surface area contributed by atoms with E-state index in [0.29, 0.717) is 6.04 Å². The van der Waals surface area contributed by atoms with E-state index in [9.17, 15) is 0 Å². The summed E-state index contributed by atoms with van der Waals surface area (Å²) in [6.07, 6.45) is 2.66. The van der Waals surface area contributed by atoms with Gasteiger partial charge in [-0.2, -0.15) is 0 Å². The molecule has 0 saturated heterocycles. The van der Waals surface area contributed by atoms with Crippen molar-refractivity contribution < 1.29 is 0 Å². The summed E-state index contributed by atoms with van der Waals surface area (Å²) in [6.45, 7) is 3.26. The second-order valence-corrected chi connectivity index (χ2v) is 5.57. The summed E-state index contributed by atoms with van der Waals surface area (Å²) in [4.78, 5) is 2.52. The van der Waals surface area contributed by atoms with Crippen LogP contribution in [0.3, 0.4) is 0 Å². The Morgan fingerprint density at radius 2 is 1.70 bits per heavy atom. The molecular weight excluding hydrogens is 244 g/mol. The van der Waals surface area contributed by atoms with Crippen molar-refractivity contribution in [2.24, 2.45) is 5.92 Å². The molecule has 3 rings (SSSR count). The first-order valence-corrected chi connectivity index (χ1v) is 7.46. The molecule has 1 atom stereocenters. The number of nitrogens with two attached hydrogens (primary N) is 1. The molecule has 0 bridgehead atoms. The summed E-state index contributed by atoms with van der Waals surface area (Å²) < 4.78 is 0. The first-order chi connectivity index (χ1) is 9.79. The molecule has 104 valence electrons. The predicted octanol–water partition coefficient (Wildman–Crippen LogP) is 4.25. The summed E-state index contributed by atoms with van der Waals surface area (Å²) in [5, 5.41) is 0. The maximum Gasteiger partial charge on any atom is 0.0570 e. The third kappa shape index (κ3) is 2.64. The van der Waals surface area contributed by atoms with Gasteiger partial charge in [-0.25, -0.2) is 0 Å². The van der Waals surface area contributed by atoms with Crippen molar-refractivity contribution >= 4 is 11.4 Å². The summed E-state index contributed by atoms with van der Waals surface area (Å²) in [7, 11) is 0. The summed E-state index contributed by atoms with van der Waals surface area (Å²) >= 11 is 0. The number of hydrogen-bond donors (Lipinski definition) is 1. The molecule has 2 aromatic carbocycles. The van der Waals surface area contributed by atoms with Crippen molar-refractivity contribution in [1.29, 1.82) is 0 Å². The zero-order valence-corrected chi connectivity index (χ0v) is 12.0. The van der Waals surface area contributed by atoms with Gasteiger partial charge in [0.1, 0.15) is 0 Å². The van der Waals surface area contributed by atoms with Crippen LogP contribution in [0.5, 0.6) is 0 Å². The second kappa shape index (κ2) is 5.58. The third-order valence-corrected chi connectivity index (χ3v) is 4.11. The molecule has 2 aromatic rings. The maximum absolute atomic E-state index is 5.82. The number of hydrogen-bond acceptors (Lipinski definition) is 2. The molecule has 20 heavy (non-hydrogen) atoms. The molecule has 2 N–H and O–H groups in total. The van der Waals surface area contributed by atoms with Crippen molar-refractivity contribution in [3.8, 4) is 0 Å². The van der Waals surface area contributed by atoms with E-state index < -0.39 is 0 Å². The van der Waals surface area contributed by atoms with Crippen molar-refractivity contribution in [3.63, 3.8) is 0 Å². The SMILES string of the molecule is CCN(c1ccccc1)C(c1ccc(N)cc1)C1CC1. The van der Waals surface area contributed by atoms with Gasteiger partial charge >= 0.3 is 0 Å². The third-order valence-electron chi connectivity index (χ3n) is 4.11. The van der Waals surface area contributed by atoms with Crippen LogP contribution in [0, 0.1) is 5.92 Å². The fourth-order valence-electron chi connectivity index (χ4n) is 2.97. The molecule has 1 aliphatic rings. The van der Waals surface area contributed by atoms with Crippen LogP contribution in [0.2, 0.25) is 0 Å². The topological polar surface area (TPSA) is 29.3 Å². The maximum atomic E-state index is 5.82. The van der Waals surface area contributed by atoms with Crippen LogP contribution in [0.1, 0.15) is 31.4 Å². The lowest BCUT2D eigenvalue weighted by Crippen LogP contribution is -2.29. The molecule has 1 aliphatic carbocycles. The van der Waals surface area contributed by atoms with Gasteiger partial charge in [0.05, 0.1) is 6.04 Å². The predicted molar refractivity (Wildman–Crippen MR) is 85.8 cm³/mol. The molecule has 0 amide bonds. The summed E-state index contributed by atoms with van der Waals surface area (Å²) in [6, 6.07) is 19.6. The number of benzene rings is 2. The zero-order valence-electron chi connectivity index (χ0n) is 12.0. The van der Waals surface area contributed by atoms with Gasteiger partial charge in [0.25, 0.3) is 0 Å². The van der Waals surface area contributed by atoms with Gasteiger partial charge in [-0.3, -0.25) is 0 Å². The highest BCUT2D eigenvalue weighted by molar-refractivity contribution is 5.50. The van der Waals surface area contributed by atoms with E-state index in [1.165, 1.54) is 24.1 Å². The molecule has 0 spiro atoms. The zero-order chi connectivity index (χ0) is 13.9. The average Bonchev–Trinajstić information content (AvgIpc) is 3.31. The van der Waals surface area contributed by atoms with Crippen LogP contribution in [0.4, 0.5) is 11.4 Å². The number of rotatable bonds is 5. The van der Waals surface area contributed by atoms with E-state index >= 15 is 0 Å². The molecule has 0 aliphatic heterocycles. The van der Waals surface area contributed by atoms with Crippen LogP contribution in [-0.4, -0.2) is 6.54 Å². The molecular formula is C18H22N2. The van der Waals surface area contributed by atoms with Crippen LogP contribution in [0.15, 0.2) is 54.6 Å². The Bertz CT molecular complexity index is 543. The lowest BCUT2D eigenvalue weighted by molar-refractivity contribution is 0.567. The van der Waals surface area contributed by atoms with Crippen molar-refractivity contribution in [2.45, 2.75) is 25.8 Å². The molecule has 1 saturated carbocycles. The van der Waals surface area contributed by atoms with Gasteiger partial charge < -0.3 is 10.6 Å². The van der Waals surface area contributed by atoms with Gasteiger partial charge in [0.2, 0.25) is 0 Å². The molecule has 1 fully saturated rings. The average molecular weight is 266 g/mol. The first-order valence-electron chi connectivity index (χ1n) is 7.46. The monoisotopic (exact) mass is 266 g/mol. The Labute approximate surface area is 121 Å². The minimum Gasteiger partial charge on any atom is -0.399 e. The van der Waals surface area contributed by atoms with Gasteiger partial charge in [0.15, 0.2) is 0 Å². The van der Waals surface area contributed by atoms with E-state index in [1.54, 1.807) is 0 Å². The number of nitrogen functional groups attached to an aromatic ring is 1. The quantitative estimate of drug-likeness (QED) is 0.820. The van der Waals surface area contributed by atoms with E-state index in [0.717, 1.165) is 18.2 Å². The fraction of sp³-hybridized carbons (Fsp3) is 0.333. The standard InChI is InChI=1S/C18H22N2/c1-2-20(17-6-4-3-5-7-17)18(14-8-9-14)15-10-12-16(19)13-11-15/h3-7,10-14,18H,2,8-9,19H2,1H3. The number of anilines is 2. The second-order valence-electron chi connectivity index (χ2n) is 5.57. The van der Waals surface area contributed by atoms with Gasteiger partial charge in [-0.1, -0.05) is 30.3 Å². The van der Waals surface area contributed by atoms with Crippen LogP contribution >= 0.6 is 0 Å². The van der Waals surface area contributed by atoms with Crippen LogP contribution in [0.25, 0.3) is 0 Å². The Hall–Kier alpha value is -1.96. The lowest BCUT2D eigenvalue weighted by atomic mass is 9.99. The molecule has 0 radical (unpaired) electrons. The number of nitrogens with zero attached hydrogens (tertiary/aromatic N) is 1. The lowest BCUT2D eigenvalue weighted by Gasteiger charge is -2.33. The van der Waals surface area contributed by atoms with Crippen molar-refractivity contribution in [2.75, 3.05) is 17.2 Å². The number of para-hydroxylation sites is 1. The molecule has 1 unspecified atom stereocenters. The Morgan fingerprint density at radius 1 is 1.05 bits per heavy atom. The smallest absolute Gasteiger partial charge is 0.0570 e. The Balaban J connectivity index is 1.95. The van der Waals surface area contributed by atoms with Gasteiger partial charge in [0, 0.05) is 17.9 Å². The minimum absolute atomic E-state index is 0.475. The molecule has 2 nitrogen and oxygen atoms in total. The Kier molecular flexibility index (Phi) is 3.64. The first kappa shape index (κ1) is 13.0. The highest BCUT2D eigenvalue weighted by Crippen LogP contribution is 2.46. The van der Waals surface area contributed by atoms with Gasteiger partial charge in [-0.15, -0.1) is 0 Å². The Morgan fingerprint density at radius 3 is 2.25 bits per heavy atom. The summed E-state index contributed by atoms with van der Waals surface area (Å²) in [5.74, 6) is 0.777. The van der Waals surface area contributed by atoms with Crippen LogP contribution in [-0.2, 0) is 0 Å². The fourth-order valence-corrected chi connectivity index (χ4v) is 2.97. The largest absolute Gasteiger partial charge is 0.399 e. The van der Waals surface area contributed by atoms with Gasteiger partial charge in [-0.05, 0) is 55.5 Å². The molecule has 0 heterocycles. The highest BCUT2D eigenvalue weighted by Gasteiger charge is 2.35. The molecule has 0 aromatic heterocycles. The highest BCUT2D eigenvalue weighted by atomic mass is 15.2. The van der Waals surface area contributed by atoms with Crippen LogP contribution < -0.4 is 10.6 Å². The van der Waals surface area contributed by atoms with E-state index in [4.69, 9.17) is 5.73 Å². The van der Waals surface area contributed by atoms with E-state index in [1.807, 2.05) is 12.1 Å². The van der Waals surface area contributed by atoms with Crippen molar-refractivity contribution in [1.82, 2.24) is 0 Å². The minimum atomic E-state index is 0.475. The van der Waals surface area contributed by atoms with E-state index in [-0.39, 0.29) is 0 Å². The normalized spacial score (nSPS) is 15.8. The summed E-state index contributed by atoms with van der Waals surface area (Å²) in [5.41, 5.74) is 9.35.